The quantitative estimate of drug-likeness (QED) is 0.722. The Hall–Kier alpha value is -0.860. The van der Waals surface area contributed by atoms with Crippen molar-refractivity contribution in [1.82, 2.24) is 0 Å². The second-order valence-electron chi connectivity index (χ2n) is 3.81. The van der Waals surface area contributed by atoms with Crippen molar-refractivity contribution in [3.63, 3.8) is 0 Å². The van der Waals surface area contributed by atoms with E-state index in [-0.39, 0.29) is 0 Å². The fourth-order valence-electron chi connectivity index (χ4n) is 1.41. The van der Waals surface area contributed by atoms with Crippen LogP contribution in [-0.2, 0) is 5.60 Å². The average Bonchev–Trinajstić information content (AvgIpc) is 2.11. The van der Waals surface area contributed by atoms with E-state index in [1.165, 1.54) is 11.1 Å². The summed E-state index contributed by atoms with van der Waals surface area (Å²) in [5, 5.41) is 16.8. The van der Waals surface area contributed by atoms with Gasteiger partial charge in [0.05, 0.1) is 5.60 Å². The Morgan fingerprint density at radius 1 is 1.07 bits per heavy atom. The molecule has 14 heavy (non-hydrogen) atoms. The van der Waals surface area contributed by atoms with E-state index >= 15 is 0 Å². The first-order valence-electron chi connectivity index (χ1n) is 4.66. The maximum Gasteiger partial charge on any atom is 0.0843 e. The van der Waals surface area contributed by atoms with Crippen LogP contribution in [0.1, 0.15) is 30.5 Å². The van der Waals surface area contributed by atoms with Crippen LogP contribution in [0.5, 0.6) is 0 Å². The molecule has 0 saturated carbocycles. The molecule has 0 radical (unpaired) electrons. The Morgan fingerprint density at radius 3 is 1.93 bits per heavy atom. The van der Waals surface area contributed by atoms with Crippen molar-refractivity contribution in [2.75, 3.05) is 7.11 Å². The molecule has 0 aromatic heterocycles. The first-order chi connectivity index (χ1) is 6.43. The molecule has 2 nitrogen and oxygen atoms in total. The van der Waals surface area contributed by atoms with Gasteiger partial charge in [-0.15, -0.1) is 0 Å². The topological polar surface area (TPSA) is 40.5 Å². The summed E-state index contributed by atoms with van der Waals surface area (Å²) < 4.78 is 0. The number of benzene rings is 1. The van der Waals surface area contributed by atoms with E-state index in [4.69, 9.17) is 5.11 Å². The second kappa shape index (κ2) is 5.13. The van der Waals surface area contributed by atoms with Gasteiger partial charge in [-0.1, -0.05) is 18.2 Å². The Labute approximate surface area is 86.2 Å². The van der Waals surface area contributed by atoms with Crippen molar-refractivity contribution in [2.45, 2.75) is 33.3 Å². The van der Waals surface area contributed by atoms with E-state index in [0.717, 1.165) is 12.7 Å². The average molecular weight is 196 g/mol. The van der Waals surface area contributed by atoms with E-state index in [0.29, 0.717) is 0 Å². The zero-order valence-electron chi connectivity index (χ0n) is 9.63. The Morgan fingerprint density at radius 2 is 1.57 bits per heavy atom. The van der Waals surface area contributed by atoms with Crippen molar-refractivity contribution in [2.24, 2.45) is 0 Å². The zero-order valence-corrected chi connectivity index (χ0v) is 9.63. The van der Waals surface area contributed by atoms with Crippen molar-refractivity contribution in [3.05, 3.63) is 34.9 Å². The lowest BCUT2D eigenvalue weighted by molar-refractivity contribution is 0.0778. The van der Waals surface area contributed by atoms with Gasteiger partial charge in [0, 0.05) is 7.11 Å². The molecule has 0 heterocycles. The van der Waals surface area contributed by atoms with Crippen LogP contribution < -0.4 is 0 Å². The molecule has 0 aliphatic heterocycles. The van der Waals surface area contributed by atoms with Crippen molar-refractivity contribution < 1.29 is 10.2 Å². The first-order valence-corrected chi connectivity index (χ1v) is 4.66. The van der Waals surface area contributed by atoms with Crippen molar-refractivity contribution in [3.8, 4) is 0 Å². The van der Waals surface area contributed by atoms with Crippen LogP contribution in [0.3, 0.4) is 0 Å². The normalized spacial score (nSPS) is 10.5. The summed E-state index contributed by atoms with van der Waals surface area (Å²) in [5.41, 5.74) is 2.71. The van der Waals surface area contributed by atoms with E-state index in [2.05, 4.69) is 13.0 Å². The summed E-state index contributed by atoms with van der Waals surface area (Å²) in [6, 6.07) is 6.02. The van der Waals surface area contributed by atoms with Gasteiger partial charge < -0.3 is 10.2 Å². The fourth-order valence-corrected chi connectivity index (χ4v) is 1.41. The van der Waals surface area contributed by atoms with E-state index in [1.807, 2.05) is 32.9 Å². The first kappa shape index (κ1) is 13.1. The molecule has 1 rings (SSSR count). The summed E-state index contributed by atoms with van der Waals surface area (Å²) in [5.74, 6) is 0. The van der Waals surface area contributed by atoms with E-state index in [1.54, 1.807) is 0 Å². The highest BCUT2D eigenvalue weighted by atomic mass is 16.3. The number of aliphatic hydroxyl groups is 2. The lowest BCUT2D eigenvalue weighted by Crippen LogP contribution is -2.17. The summed E-state index contributed by atoms with van der Waals surface area (Å²) >= 11 is 0. The molecular weight excluding hydrogens is 176 g/mol. The van der Waals surface area contributed by atoms with E-state index in [9.17, 15) is 5.11 Å². The van der Waals surface area contributed by atoms with Crippen LogP contribution in [-0.4, -0.2) is 17.3 Å². The lowest BCUT2D eigenvalue weighted by Gasteiger charge is -2.21. The number of hydrogen-bond donors (Lipinski definition) is 2. The molecule has 80 valence electrons. The zero-order chi connectivity index (χ0) is 11.4. The molecule has 0 aliphatic rings. The lowest BCUT2D eigenvalue weighted by atomic mass is 9.91. The minimum absolute atomic E-state index is 0.726. The number of aryl methyl sites for hydroxylation is 1. The third kappa shape index (κ3) is 3.13. The summed E-state index contributed by atoms with van der Waals surface area (Å²) in [4.78, 5) is 0. The smallest absolute Gasteiger partial charge is 0.0843 e. The maximum atomic E-state index is 9.79. The van der Waals surface area contributed by atoms with Crippen LogP contribution in [0, 0.1) is 13.8 Å². The second-order valence-corrected chi connectivity index (χ2v) is 3.81. The molecule has 0 atom stereocenters. The highest BCUT2D eigenvalue weighted by Gasteiger charge is 2.18. The fraction of sp³-hybridized carbons (Fsp3) is 0.500. The van der Waals surface area contributed by atoms with E-state index < -0.39 is 5.60 Å². The van der Waals surface area contributed by atoms with Crippen LogP contribution in [0.2, 0.25) is 0 Å². The molecule has 0 spiro atoms. The molecule has 0 unspecified atom stereocenters. The molecule has 0 fully saturated rings. The monoisotopic (exact) mass is 196 g/mol. The minimum Gasteiger partial charge on any atom is -0.400 e. The predicted octanol–water partition coefficient (Wildman–Crippen LogP) is 2.14. The van der Waals surface area contributed by atoms with Crippen LogP contribution >= 0.6 is 0 Å². The predicted molar refractivity (Wildman–Crippen MR) is 59.3 cm³/mol. The van der Waals surface area contributed by atoms with Crippen LogP contribution in [0.4, 0.5) is 0 Å². The molecule has 0 aliphatic carbocycles. The molecule has 0 bridgehead atoms. The standard InChI is InChI=1S/C11H16O.CH4O/c1-8-6-5-7-10(9(8)2)11(3,4)12;1-2/h5-7,12H,1-4H3;2H,1H3. The molecule has 0 amide bonds. The van der Waals surface area contributed by atoms with Gasteiger partial charge in [-0.25, -0.2) is 0 Å². The molecular formula is C12H20O2. The van der Waals surface area contributed by atoms with Gasteiger partial charge >= 0.3 is 0 Å². The van der Waals surface area contributed by atoms with Gasteiger partial charge in [0.1, 0.15) is 0 Å². The molecule has 0 saturated heterocycles. The van der Waals surface area contributed by atoms with Gasteiger partial charge in [-0.2, -0.15) is 0 Å². The largest absolute Gasteiger partial charge is 0.400 e. The van der Waals surface area contributed by atoms with Gasteiger partial charge in [-0.3, -0.25) is 0 Å². The number of hydrogen-bond acceptors (Lipinski definition) is 2. The Bertz CT molecular complexity index is 285. The van der Waals surface area contributed by atoms with Gasteiger partial charge in [0.25, 0.3) is 0 Å². The molecule has 2 heteroatoms. The molecule has 2 N–H and O–H groups in total. The van der Waals surface area contributed by atoms with Crippen LogP contribution in [0.25, 0.3) is 0 Å². The summed E-state index contributed by atoms with van der Waals surface area (Å²) in [6.45, 7) is 7.73. The third-order valence-electron chi connectivity index (χ3n) is 2.26. The third-order valence-corrected chi connectivity index (χ3v) is 2.26. The molecule has 1 aromatic rings. The summed E-state index contributed by atoms with van der Waals surface area (Å²) in [6.07, 6.45) is 0. The maximum absolute atomic E-state index is 9.79. The van der Waals surface area contributed by atoms with Gasteiger partial charge in [0.15, 0.2) is 0 Å². The van der Waals surface area contributed by atoms with Gasteiger partial charge in [0.2, 0.25) is 0 Å². The number of rotatable bonds is 1. The minimum atomic E-state index is -0.726. The van der Waals surface area contributed by atoms with Crippen molar-refractivity contribution in [1.29, 1.82) is 0 Å². The SMILES string of the molecule is CO.Cc1cccc(C(C)(C)O)c1C. The molecule has 1 aromatic carbocycles. The highest BCUT2D eigenvalue weighted by molar-refractivity contribution is 5.36. The van der Waals surface area contributed by atoms with Gasteiger partial charge in [-0.05, 0) is 44.4 Å². The Balaban J connectivity index is 0.000000791. The Kier molecular flexibility index (Phi) is 4.81. The highest BCUT2D eigenvalue weighted by Crippen LogP contribution is 2.24. The van der Waals surface area contributed by atoms with Crippen LogP contribution in [0.15, 0.2) is 18.2 Å². The summed E-state index contributed by atoms with van der Waals surface area (Å²) in [7, 11) is 1.00. The number of aliphatic hydroxyl groups excluding tert-OH is 1. The van der Waals surface area contributed by atoms with Crippen molar-refractivity contribution >= 4 is 0 Å².